The Morgan fingerprint density at radius 1 is 0.533 bits per heavy atom. The number of ether oxygens (including phenoxy) is 6. The van der Waals surface area contributed by atoms with E-state index in [0.717, 1.165) is 0 Å². The van der Waals surface area contributed by atoms with Crippen LogP contribution in [-0.2, 0) is 28.0 Å². The molecule has 0 saturated heterocycles. The maximum Gasteiger partial charge on any atom is 0.277 e. The summed E-state index contributed by atoms with van der Waals surface area (Å²) in [6.07, 6.45) is -0.140. The van der Waals surface area contributed by atoms with E-state index in [-0.39, 0.29) is 5.75 Å². The van der Waals surface area contributed by atoms with Gasteiger partial charge in [-0.3, -0.25) is 0 Å². The normalized spacial score (nSPS) is 15.8. The van der Waals surface area contributed by atoms with Gasteiger partial charge in [0.05, 0.1) is 5.75 Å². The molecule has 0 aliphatic heterocycles. The topological polar surface area (TPSA) is 98.8 Å². The zero-order valence-corrected chi connectivity index (χ0v) is 29.0. The third-order valence-electron chi connectivity index (χ3n) is 6.53. The quantitative estimate of drug-likeness (QED) is 0.110. The fraction of sp³-hybridized carbons (Fsp3) is 0.471. The van der Waals surface area contributed by atoms with Crippen molar-refractivity contribution in [3.8, 4) is 17.2 Å². The molecule has 0 bridgehead atoms. The first kappa shape index (κ1) is 36.7. The summed E-state index contributed by atoms with van der Waals surface area (Å²) in [5.74, 6) is 1.66. The van der Waals surface area contributed by atoms with Gasteiger partial charge < -0.3 is 28.4 Å². The molecular weight excluding hydrogens is 616 g/mol. The zero-order chi connectivity index (χ0) is 32.9. The van der Waals surface area contributed by atoms with Crippen LogP contribution in [0.15, 0.2) is 87.5 Å². The summed E-state index contributed by atoms with van der Waals surface area (Å²) in [7, 11) is -6.81. The Kier molecular flexibility index (Phi) is 14.5. The number of rotatable bonds is 20. The van der Waals surface area contributed by atoms with E-state index in [2.05, 4.69) is 0 Å². The summed E-state index contributed by atoms with van der Waals surface area (Å²) < 4.78 is 68.0. The van der Waals surface area contributed by atoms with Gasteiger partial charge in [-0.2, -0.15) is 8.42 Å². The summed E-state index contributed by atoms with van der Waals surface area (Å²) in [5.41, 5.74) is 0. The van der Waals surface area contributed by atoms with Crippen molar-refractivity contribution in [2.75, 3.05) is 25.6 Å². The van der Waals surface area contributed by atoms with Crippen molar-refractivity contribution in [2.24, 2.45) is 0 Å². The van der Waals surface area contributed by atoms with E-state index in [1.54, 1.807) is 36.4 Å². The van der Waals surface area contributed by atoms with E-state index < -0.39 is 39.3 Å². The molecule has 3 aromatic carbocycles. The zero-order valence-electron chi connectivity index (χ0n) is 27.4. The third kappa shape index (κ3) is 10.6. The average Bonchev–Trinajstić information content (AvgIpc) is 3.00. The number of benzene rings is 3. The molecule has 0 N–H and O–H groups in total. The van der Waals surface area contributed by atoms with Crippen molar-refractivity contribution in [3.05, 3.63) is 72.8 Å². The predicted octanol–water partition coefficient (Wildman–Crippen LogP) is 8.31. The second kappa shape index (κ2) is 17.8. The van der Waals surface area contributed by atoms with Gasteiger partial charge in [0, 0.05) is 34.5 Å². The van der Waals surface area contributed by atoms with Crippen molar-refractivity contribution in [1.29, 1.82) is 0 Å². The predicted molar refractivity (Wildman–Crippen MR) is 177 cm³/mol. The van der Waals surface area contributed by atoms with Gasteiger partial charge in [0.2, 0.25) is 0 Å². The van der Waals surface area contributed by atoms with Gasteiger partial charge in [0.25, 0.3) is 10.1 Å². The molecule has 0 radical (unpaired) electrons. The molecule has 250 valence electrons. The van der Waals surface area contributed by atoms with Gasteiger partial charge in [-0.25, -0.2) is 3.63 Å². The minimum Gasteiger partial charge on any atom is -0.465 e. The highest BCUT2D eigenvalue weighted by Crippen LogP contribution is 2.70. The summed E-state index contributed by atoms with van der Waals surface area (Å²) in [5, 5.41) is 0. The number of hydrogen-bond donors (Lipinski definition) is 0. The molecule has 3 rings (SSSR count). The molecule has 0 amide bonds. The van der Waals surface area contributed by atoms with Gasteiger partial charge in [0.15, 0.2) is 18.9 Å². The van der Waals surface area contributed by atoms with Crippen LogP contribution in [0.2, 0.25) is 0 Å². The lowest BCUT2D eigenvalue weighted by molar-refractivity contribution is -0.0616. The fourth-order valence-electron chi connectivity index (χ4n) is 4.55. The second-order valence-electron chi connectivity index (χ2n) is 10.1. The van der Waals surface area contributed by atoms with E-state index in [0.29, 0.717) is 64.6 Å². The van der Waals surface area contributed by atoms with E-state index in [1.807, 2.05) is 84.9 Å². The standard InChI is InChI=1S/C34H48O9S2/c1-8-12-25-44(35,36)43-45(32-19-13-29(14-20-32)40-26(5)37-9-2,33-21-15-30(16-22-33)41-27(6)38-10-3)34-23-17-31(18-24-34)42-28(7)39-11-4/h13-24,26-28H,8-12,25H2,1-7H3. The Bertz CT molecular complexity index is 1240. The van der Waals surface area contributed by atoms with Crippen LogP contribution in [-0.4, -0.2) is 52.9 Å². The fourth-order valence-corrected chi connectivity index (χ4v) is 10.0. The molecule has 0 heterocycles. The Balaban J connectivity index is 2.19. The summed E-state index contributed by atoms with van der Waals surface area (Å²) in [6.45, 7) is 14.7. The largest absolute Gasteiger partial charge is 0.465 e. The Labute approximate surface area is 270 Å². The van der Waals surface area contributed by atoms with Crippen molar-refractivity contribution < 1.29 is 40.5 Å². The minimum absolute atomic E-state index is 0.106. The van der Waals surface area contributed by atoms with Crippen LogP contribution in [0.25, 0.3) is 0 Å². The van der Waals surface area contributed by atoms with Gasteiger partial charge in [-0.1, -0.05) is 13.3 Å². The molecule has 3 unspecified atom stereocenters. The van der Waals surface area contributed by atoms with Crippen molar-refractivity contribution >= 4 is 20.4 Å². The van der Waals surface area contributed by atoms with Gasteiger partial charge in [-0.15, -0.1) is 0 Å². The third-order valence-corrected chi connectivity index (χ3v) is 11.8. The molecule has 0 spiro atoms. The van der Waals surface area contributed by atoms with Crippen LogP contribution in [0.3, 0.4) is 0 Å². The highest BCUT2D eigenvalue weighted by Gasteiger charge is 2.38. The van der Waals surface area contributed by atoms with E-state index in [1.165, 1.54) is 0 Å². The van der Waals surface area contributed by atoms with Crippen molar-refractivity contribution in [2.45, 2.75) is 94.9 Å². The molecule has 9 nitrogen and oxygen atoms in total. The van der Waals surface area contributed by atoms with E-state index in [4.69, 9.17) is 32.1 Å². The molecule has 0 aliphatic rings. The second-order valence-corrected chi connectivity index (χ2v) is 14.7. The molecule has 11 heteroatoms. The van der Waals surface area contributed by atoms with Crippen molar-refractivity contribution in [1.82, 2.24) is 0 Å². The maximum atomic E-state index is 13.7. The lowest BCUT2D eigenvalue weighted by atomic mass is 10.3. The van der Waals surface area contributed by atoms with Crippen LogP contribution in [0.4, 0.5) is 0 Å². The Morgan fingerprint density at radius 3 is 1.11 bits per heavy atom. The molecular formula is C34H48O9S2. The van der Waals surface area contributed by atoms with Gasteiger partial charge >= 0.3 is 0 Å². The number of unbranched alkanes of at least 4 members (excludes halogenated alkanes) is 1. The first-order chi connectivity index (χ1) is 21.6. The highest BCUT2D eigenvalue weighted by molar-refractivity contribution is 8.33. The monoisotopic (exact) mass is 664 g/mol. The molecule has 0 aliphatic carbocycles. The average molecular weight is 665 g/mol. The first-order valence-corrected chi connectivity index (χ1v) is 18.6. The lowest BCUT2D eigenvalue weighted by Crippen LogP contribution is -2.18. The Hall–Kier alpha value is -2.80. The van der Waals surface area contributed by atoms with Crippen LogP contribution < -0.4 is 14.2 Å². The molecule has 3 aromatic rings. The van der Waals surface area contributed by atoms with E-state index >= 15 is 0 Å². The van der Waals surface area contributed by atoms with Crippen LogP contribution in [0.1, 0.15) is 61.3 Å². The summed E-state index contributed by atoms with van der Waals surface area (Å²) in [4.78, 5) is 2.02. The van der Waals surface area contributed by atoms with Gasteiger partial charge in [-0.05, 0) is 131 Å². The van der Waals surface area contributed by atoms with Crippen LogP contribution >= 0.6 is 10.3 Å². The smallest absolute Gasteiger partial charge is 0.277 e. The van der Waals surface area contributed by atoms with Gasteiger partial charge in [0.1, 0.15) is 17.2 Å². The summed E-state index contributed by atoms with van der Waals surface area (Å²) in [6, 6.07) is 21.9. The highest BCUT2D eigenvalue weighted by atomic mass is 32.3. The SMILES string of the molecule is CCCCS(=O)(=O)OS(c1ccc(OC(C)OCC)cc1)(c1ccc(OC(C)OCC)cc1)c1ccc(OC(C)OCC)cc1. The molecule has 0 saturated carbocycles. The number of hydrogen-bond acceptors (Lipinski definition) is 9. The lowest BCUT2D eigenvalue weighted by Gasteiger charge is -2.39. The molecule has 45 heavy (non-hydrogen) atoms. The Morgan fingerprint density at radius 2 is 0.844 bits per heavy atom. The molecule has 0 aromatic heterocycles. The molecule has 3 atom stereocenters. The van der Waals surface area contributed by atoms with Crippen LogP contribution in [0, 0.1) is 0 Å². The van der Waals surface area contributed by atoms with Crippen molar-refractivity contribution in [3.63, 3.8) is 0 Å². The molecule has 0 fully saturated rings. The maximum absolute atomic E-state index is 13.7. The minimum atomic E-state index is -3.97. The first-order valence-electron chi connectivity index (χ1n) is 15.5. The van der Waals surface area contributed by atoms with Crippen LogP contribution in [0.5, 0.6) is 17.2 Å². The van der Waals surface area contributed by atoms with E-state index in [9.17, 15) is 8.42 Å². The summed E-state index contributed by atoms with van der Waals surface area (Å²) >= 11 is 0.